The molecule has 1 aromatic carbocycles. The van der Waals surface area contributed by atoms with Crippen LogP contribution in [-0.4, -0.2) is 4.98 Å². The molecule has 0 bridgehead atoms. The summed E-state index contributed by atoms with van der Waals surface area (Å²) in [4.78, 5) is 3.93. The van der Waals surface area contributed by atoms with E-state index in [1.807, 2.05) is 31.2 Å². The molecule has 3 N–H and O–H groups in total. The first-order valence-corrected chi connectivity index (χ1v) is 5.27. The van der Waals surface area contributed by atoms with Gasteiger partial charge in [-0.25, -0.2) is 4.98 Å². The summed E-state index contributed by atoms with van der Waals surface area (Å²) in [6, 6.07) is 9.42. The molecule has 3 nitrogen and oxygen atoms in total. The summed E-state index contributed by atoms with van der Waals surface area (Å²) in [5.74, 6) is 0.480. The van der Waals surface area contributed by atoms with Crippen molar-refractivity contribution in [2.24, 2.45) is 0 Å². The predicted molar refractivity (Wildman–Crippen MR) is 68.1 cm³/mol. The minimum Gasteiger partial charge on any atom is -0.384 e. The molecule has 0 saturated heterocycles. The van der Waals surface area contributed by atoms with Crippen molar-refractivity contribution < 1.29 is 0 Å². The van der Waals surface area contributed by atoms with Gasteiger partial charge in [-0.05, 0) is 30.7 Å². The molecule has 0 unspecified atom stereocenters. The fourth-order valence-electron chi connectivity index (χ4n) is 1.42. The van der Waals surface area contributed by atoms with E-state index in [-0.39, 0.29) is 0 Å². The van der Waals surface area contributed by atoms with Gasteiger partial charge in [-0.1, -0.05) is 17.7 Å². The van der Waals surface area contributed by atoms with Crippen LogP contribution in [0.25, 0.3) is 0 Å². The third-order valence-electron chi connectivity index (χ3n) is 2.18. The summed E-state index contributed by atoms with van der Waals surface area (Å²) in [7, 11) is 0. The second-order valence-corrected chi connectivity index (χ2v) is 3.98. The zero-order chi connectivity index (χ0) is 11.5. The minimum atomic E-state index is 0.480. The lowest BCUT2D eigenvalue weighted by molar-refractivity contribution is 1.33. The standard InChI is InChI=1S/C12H12ClN3/c1-8-2-3-10(13)11(6-8)16-9-4-5-15-12(14)7-9/h2-7H,1H3,(H3,14,15,16). The van der Waals surface area contributed by atoms with Gasteiger partial charge in [-0.15, -0.1) is 0 Å². The quantitative estimate of drug-likeness (QED) is 0.836. The van der Waals surface area contributed by atoms with Gasteiger partial charge in [0.2, 0.25) is 0 Å². The van der Waals surface area contributed by atoms with E-state index in [1.54, 1.807) is 12.3 Å². The largest absolute Gasteiger partial charge is 0.384 e. The molecule has 4 heteroatoms. The second-order valence-electron chi connectivity index (χ2n) is 3.58. The van der Waals surface area contributed by atoms with Crippen LogP contribution in [0.3, 0.4) is 0 Å². The van der Waals surface area contributed by atoms with E-state index in [1.165, 1.54) is 0 Å². The molecule has 2 aromatic rings. The highest BCUT2D eigenvalue weighted by Crippen LogP contribution is 2.26. The topological polar surface area (TPSA) is 50.9 Å². The normalized spacial score (nSPS) is 10.1. The number of anilines is 3. The van der Waals surface area contributed by atoms with Gasteiger partial charge in [-0.3, -0.25) is 0 Å². The zero-order valence-electron chi connectivity index (χ0n) is 8.87. The van der Waals surface area contributed by atoms with Gasteiger partial charge in [0.15, 0.2) is 0 Å². The Morgan fingerprint density at radius 2 is 2.06 bits per heavy atom. The maximum Gasteiger partial charge on any atom is 0.125 e. The Labute approximate surface area is 99.3 Å². The van der Waals surface area contributed by atoms with E-state index in [0.29, 0.717) is 10.8 Å². The Balaban J connectivity index is 2.30. The molecule has 2 rings (SSSR count). The molecule has 0 atom stereocenters. The Hall–Kier alpha value is -1.74. The molecule has 82 valence electrons. The van der Waals surface area contributed by atoms with Gasteiger partial charge in [0.25, 0.3) is 0 Å². The Morgan fingerprint density at radius 3 is 2.81 bits per heavy atom. The number of nitrogens with zero attached hydrogens (tertiary/aromatic N) is 1. The summed E-state index contributed by atoms with van der Waals surface area (Å²) < 4.78 is 0. The van der Waals surface area contributed by atoms with E-state index in [0.717, 1.165) is 16.9 Å². The first-order chi connectivity index (χ1) is 7.65. The van der Waals surface area contributed by atoms with Crippen LogP contribution in [0.15, 0.2) is 36.5 Å². The summed E-state index contributed by atoms with van der Waals surface area (Å²) in [6.45, 7) is 2.02. The molecule has 0 aliphatic heterocycles. The Morgan fingerprint density at radius 1 is 1.25 bits per heavy atom. The SMILES string of the molecule is Cc1ccc(Cl)c(Nc2ccnc(N)c2)c1. The third-order valence-corrected chi connectivity index (χ3v) is 2.51. The second kappa shape index (κ2) is 4.41. The van der Waals surface area contributed by atoms with Crippen molar-refractivity contribution in [3.05, 3.63) is 47.1 Å². The Kier molecular flexibility index (Phi) is 2.97. The molecular weight excluding hydrogens is 222 g/mol. The van der Waals surface area contributed by atoms with Gasteiger partial charge in [0.05, 0.1) is 10.7 Å². The number of nitrogens with two attached hydrogens (primary N) is 1. The molecule has 16 heavy (non-hydrogen) atoms. The molecule has 0 spiro atoms. The summed E-state index contributed by atoms with van der Waals surface area (Å²) in [5.41, 5.74) is 8.49. The molecule has 0 radical (unpaired) electrons. The van der Waals surface area contributed by atoms with Gasteiger partial charge in [0, 0.05) is 18.0 Å². The number of benzene rings is 1. The van der Waals surface area contributed by atoms with Crippen molar-refractivity contribution in [1.82, 2.24) is 4.98 Å². The average Bonchev–Trinajstić information content (AvgIpc) is 2.24. The Bertz CT molecular complexity index is 511. The lowest BCUT2D eigenvalue weighted by Crippen LogP contribution is -1.95. The van der Waals surface area contributed by atoms with Crippen LogP contribution >= 0.6 is 11.6 Å². The molecule has 0 aliphatic carbocycles. The van der Waals surface area contributed by atoms with Crippen LogP contribution in [-0.2, 0) is 0 Å². The maximum absolute atomic E-state index is 6.08. The molecule has 0 aliphatic rings. The molecule has 1 aromatic heterocycles. The van der Waals surface area contributed by atoms with Crippen LogP contribution in [0.1, 0.15) is 5.56 Å². The lowest BCUT2D eigenvalue weighted by Gasteiger charge is -2.09. The number of nitrogens with one attached hydrogen (secondary N) is 1. The zero-order valence-corrected chi connectivity index (χ0v) is 9.62. The van der Waals surface area contributed by atoms with E-state index in [4.69, 9.17) is 17.3 Å². The van der Waals surface area contributed by atoms with Crippen LogP contribution < -0.4 is 11.1 Å². The highest BCUT2D eigenvalue weighted by atomic mass is 35.5. The number of aryl methyl sites for hydroxylation is 1. The van der Waals surface area contributed by atoms with Crippen molar-refractivity contribution in [1.29, 1.82) is 0 Å². The van der Waals surface area contributed by atoms with E-state index >= 15 is 0 Å². The number of rotatable bonds is 2. The van der Waals surface area contributed by atoms with E-state index < -0.39 is 0 Å². The van der Waals surface area contributed by atoms with Crippen LogP contribution in [0, 0.1) is 6.92 Å². The average molecular weight is 234 g/mol. The summed E-state index contributed by atoms with van der Waals surface area (Å²) in [6.07, 6.45) is 1.65. The molecular formula is C12H12ClN3. The van der Waals surface area contributed by atoms with Crippen molar-refractivity contribution in [2.75, 3.05) is 11.1 Å². The first-order valence-electron chi connectivity index (χ1n) is 4.90. The van der Waals surface area contributed by atoms with Gasteiger partial charge < -0.3 is 11.1 Å². The number of aromatic nitrogens is 1. The first kappa shape index (κ1) is 10.8. The van der Waals surface area contributed by atoms with E-state index in [2.05, 4.69) is 10.3 Å². The van der Waals surface area contributed by atoms with Crippen molar-refractivity contribution >= 4 is 28.8 Å². The smallest absolute Gasteiger partial charge is 0.125 e. The number of halogens is 1. The fraction of sp³-hybridized carbons (Fsp3) is 0.0833. The van der Waals surface area contributed by atoms with Crippen LogP contribution in [0.4, 0.5) is 17.2 Å². The third kappa shape index (κ3) is 2.44. The van der Waals surface area contributed by atoms with Crippen molar-refractivity contribution in [3.63, 3.8) is 0 Å². The molecule has 0 fully saturated rings. The van der Waals surface area contributed by atoms with Gasteiger partial charge >= 0.3 is 0 Å². The van der Waals surface area contributed by atoms with E-state index in [9.17, 15) is 0 Å². The predicted octanol–water partition coefficient (Wildman–Crippen LogP) is 3.37. The maximum atomic E-state index is 6.08. The lowest BCUT2D eigenvalue weighted by atomic mass is 10.2. The molecule has 0 amide bonds. The number of pyridine rings is 1. The number of hydrogen-bond donors (Lipinski definition) is 2. The molecule has 1 heterocycles. The summed E-state index contributed by atoms with van der Waals surface area (Å²) >= 11 is 6.08. The van der Waals surface area contributed by atoms with Crippen LogP contribution in [0.5, 0.6) is 0 Å². The number of hydrogen-bond acceptors (Lipinski definition) is 3. The number of nitrogen functional groups attached to an aromatic ring is 1. The molecule has 0 saturated carbocycles. The van der Waals surface area contributed by atoms with Gasteiger partial charge in [0.1, 0.15) is 5.82 Å². The minimum absolute atomic E-state index is 0.480. The van der Waals surface area contributed by atoms with Gasteiger partial charge in [-0.2, -0.15) is 0 Å². The van der Waals surface area contributed by atoms with Crippen molar-refractivity contribution in [2.45, 2.75) is 6.92 Å². The van der Waals surface area contributed by atoms with Crippen LogP contribution in [0.2, 0.25) is 5.02 Å². The van der Waals surface area contributed by atoms with Crippen molar-refractivity contribution in [3.8, 4) is 0 Å². The fourth-order valence-corrected chi connectivity index (χ4v) is 1.58. The highest BCUT2D eigenvalue weighted by molar-refractivity contribution is 6.33. The summed E-state index contributed by atoms with van der Waals surface area (Å²) in [5, 5.41) is 3.88. The highest BCUT2D eigenvalue weighted by Gasteiger charge is 2.01. The monoisotopic (exact) mass is 233 g/mol.